The van der Waals surface area contributed by atoms with Gasteiger partial charge in [0, 0.05) is 17.0 Å². The first kappa shape index (κ1) is 14.7. The zero-order chi connectivity index (χ0) is 14.5. The van der Waals surface area contributed by atoms with Crippen LogP contribution in [0.1, 0.15) is 15.2 Å². The standard InChI is InChI=1S/C14H14ClNO3S/c1-18-14(17)11-7-9(16)8-12(15)13(11)19-5-4-10-3-2-6-20-10/h2-3,6-8H,4-5,16H2,1H3. The molecule has 20 heavy (non-hydrogen) atoms. The lowest BCUT2D eigenvalue weighted by Crippen LogP contribution is -2.09. The first-order valence-corrected chi connectivity index (χ1v) is 7.20. The number of methoxy groups -OCH3 is 1. The second-order valence-electron chi connectivity index (χ2n) is 4.05. The molecule has 4 nitrogen and oxygen atoms in total. The van der Waals surface area contributed by atoms with Gasteiger partial charge in [0.1, 0.15) is 5.56 Å². The van der Waals surface area contributed by atoms with Gasteiger partial charge in [-0.2, -0.15) is 0 Å². The minimum atomic E-state index is -0.523. The van der Waals surface area contributed by atoms with E-state index in [0.717, 1.165) is 6.42 Å². The molecule has 2 rings (SSSR count). The largest absolute Gasteiger partial charge is 0.491 e. The molecule has 0 aliphatic rings. The number of nitrogens with two attached hydrogens (primary N) is 1. The summed E-state index contributed by atoms with van der Waals surface area (Å²) in [6, 6.07) is 7.06. The van der Waals surface area contributed by atoms with Crippen molar-refractivity contribution in [1.82, 2.24) is 0 Å². The number of carbonyl (C=O) groups excluding carboxylic acids is 1. The van der Waals surface area contributed by atoms with Crippen molar-refractivity contribution in [2.75, 3.05) is 19.5 Å². The zero-order valence-corrected chi connectivity index (χ0v) is 12.5. The zero-order valence-electron chi connectivity index (χ0n) is 10.9. The SMILES string of the molecule is COC(=O)c1cc(N)cc(Cl)c1OCCc1cccs1. The Labute approximate surface area is 126 Å². The summed E-state index contributed by atoms with van der Waals surface area (Å²) in [6.45, 7) is 0.425. The molecule has 1 aromatic carbocycles. The molecule has 1 heterocycles. The van der Waals surface area contributed by atoms with Crippen molar-refractivity contribution in [2.24, 2.45) is 0 Å². The van der Waals surface area contributed by atoms with E-state index in [2.05, 4.69) is 0 Å². The number of thiophene rings is 1. The predicted octanol–water partition coefficient (Wildman–Crippen LogP) is 3.39. The maximum atomic E-state index is 11.7. The molecule has 0 unspecified atom stereocenters. The van der Waals surface area contributed by atoms with Gasteiger partial charge in [0.15, 0.2) is 5.75 Å². The third kappa shape index (κ3) is 3.43. The number of hydrogen-bond donors (Lipinski definition) is 1. The molecule has 0 aliphatic heterocycles. The minimum absolute atomic E-state index is 0.240. The lowest BCUT2D eigenvalue weighted by molar-refractivity contribution is 0.0596. The predicted molar refractivity (Wildman–Crippen MR) is 80.7 cm³/mol. The normalized spacial score (nSPS) is 10.3. The fraction of sp³-hybridized carbons (Fsp3) is 0.214. The van der Waals surface area contributed by atoms with E-state index in [9.17, 15) is 4.79 Å². The summed E-state index contributed by atoms with van der Waals surface area (Å²) in [5.74, 6) is -0.213. The second kappa shape index (κ2) is 6.63. The number of benzene rings is 1. The van der Waals surface area contributed by atoms with Gasteiger partial charge in [-0.1, -0.05) is 17.7 Å². The number of anilines is 1. The number of carbonyl (C=O) groups is 1. The Hall–Kier alpha value is -1.72. The van der Waals surface area contributed by atoms with Crippen LogP contribution in [0.2, 0.25) is 5.02 Å². The van der Waals surface area contributed by atoms with Gasteiger partial charge in [0.05, 0.1) is 18.7 Å². The molecule has 6 heteroatoms. The summed E-state index contributed by atoms with van der Waals surface area (Å²) in [6.07, 6.45) is 0.749. The van der Waals surface area contributed by atoms with Gasteiger partial charge in [-0.15, -0.1) is 11.3 Å². The summed E-state index contributed by atoms with van der Waals surface area (Å²) < 4.78 is 10.3. The molecule has 0 saturated carbocycles. The number of rotatable bonds is 5. The highest BCUT2D eigenvalue weighted by Gasteiger charge is 2.17. The first-order valence-electron chi connectivity index (χ1n) is 5.94. The summed E-state index contributed by atoms with van der Waals surface area (Å²) in [5, 5.41) is 2.31. The average Bonchev–Trinajstić information content (AvgIpc) is 2.93. The quantitative estimate of drug-likeness (QED) is 0.679. The van der Waals surface area contributed by atoms with Gasteiger partial charge >= 0.3 is 5.97 Å². The van der Waals surface area contributed by atoms with Crippen LogP contribution in [0, 0.1) is 0 Å². The molecule has 0 saturated heterocycles. The van der Waals surface area contributed by atoms with E-state index in [-0.39, 0.29) is 5.56 Å². The summed E-state index contributed by atoms with van der Waals surface area (Å²) in [4.78, 5) is 12.9. The Kier molecular flexibility index (Phi) is 4.87. The molecule has 0 bridgehead atoms. The topological polar surface area (TPSA) is 61.5 Å². The number of hydrogen-bond acceptors (Lipinski definition) is 5. The van der Waals surface area contributed by atoms with Crippen LogP contribution in [0.25, 0.3) is 0 Å². The van der Waals surface area contributed by atoms with E-state index in [1.54, 1.807) is 17.4 Å². The Morgan fingerprint density at radius 2 is 2.25 bits per heavy atom. The molecule has 0 radical (unpaired) electrons. The Morgan fingerprint density at radius 3 is 2.90 bits per heavy atom. The Bertz CT molecular complexity index is 599. The number of halogens is 1. The van der Waals surface area contributed by atoms with Gasteiger partial charge in [-0.3, -0.25) is 0 Å². The van der Waals surface area contributed by atoms with Gasteiger partial charge in [0.2, 0.25) is 0 Å². The summed E-state index contributed by atoms with van der Waals surface area (Å²) >= 11 is 7.74. The van der Waals surface area contributed by atoms with Crippen molar-refractivity contribution >= 4 is 34.6 Å². The van der Waals surface area contributed by atoms with Gasteiger partial charge in [-0.25, -0.2) is 4.79 Å². The van der Waals surface area contributed by atoms with E-state index in [4.69, 9.17) is 26.8 Å². The summed E-state index contributed by atoms with van der Waals surface area (Å²) in [5.41, 5.74) is 6.31. The fourth-order valence-electron chi connectivity index (χ4n) is 1.73. The maximum Gasteiger partial charge on any atom is 0.341 e. The smallest absolute Gasteiger partial charge is 0.341 e. The highest BCUT2D eigenvalue weighted by Crippen LogP contribution is 2.32. The van der Waals surface area contributed by atoms with E-state index >= 15 is 0 Å². The van der Waals surface area contributed by atoms with E-state index in [0.29, 0.717) is 23.1 Å². The van der Waals surface area contributed by atoms with Crippen LogP contribution in [0.5, 0.6) is 5.75 Å². The van der Waals surface area contributed by atoms with E-state index < -0.39 is 5.97 Å². The fourth-order valence-corrected chi connectivity index (χ4v) is 2.70. The van der Waals surface area contributed by atoms with E-state index in [1.165, 1.54) is 18.1 Å². The molecule has 2 aromatic rings. The van der Waals surface area contributed by atoms with Crippen molar-refractivity contribution in [2.45, 2.75) is 6.42 Å². The third-order valence-corrected chi connectivity index (χ3v) is 3.86. The van der Waals surface area contributed by atoms with Crippen LogP contribution in [0.4, 0.5) is 5.69 Å². The van der Waals surface area contributed by atoms with Gasteiger partial charge < -0.3 is 15.2 Å². The molecule has 0 amide bonds. The minimum Gasteiger partial charge on any atom is -0.491 e. The Balaban J connectivity index is 2.15. The monoisotopic (exact) mass is 311 g/mol. The van der Waals surface area contributed by atoms with Crippen LogP contribution in [0.3, 0.4) is 0 Å². The maximum absolute atomic E-state index is 11.7. The van der Waals surface area contributed by atoms with Gasteiger partial charge in [0.25, 0.3) is 0 Å². The van der Waals surface area contributed by atoms with Crippen LogP contribution in [0.15, 0.2) is 29.6 Å². The molecule has 0 aliphatic carbocycles. The van der Waals surface area contributed by atoms with Crippen molar-refractivity contribution in [3.63, 3.8) is 0 Å². The first-order chi connectivity index (χ1) is 9.61. The third-order valence-electron chi connectivity index (χ3n) is 2.65. The van der Waals surface area contributed by atoms with E-state index in [1.807, 2.05) is 17.5 Å². The molecule has 106 valence electrons. The molecule has 1 aromatic heterocycles. The molecule has 0 atom stereocenters. The van der Waals surface area contributed by atoms with Gasteiger partial charge in [-0.05, 0) is 23.6 Å². The van der Waals surface area contributed by atoms with Crippen molar-refractivity contribution < 1.29 is 14.3 Å². The number of nitrogen functional groups attached to an aromatic ring is 1. The molecular weight excluding hydrogens is 298 g/mol. The molecule has 0 fully saturated rings. The van der Waals surface area contributed by atoms with Crippen molar-refractivity contribution in [1.29, 1.82) is 0 Å². The van der Waals surface area contributed by atoms with Crippen LogP contribution in [-0.2, 0) is 11.2 Å². The highest BCUT2D eigenvalue weighted by atomic mass is 35.5. The molecular formula is C14H14ClNO3S. The lowest BCUT2D eigenvalue weighted by Gasteiger charge is -2.12. The number of ether oxygens (including phenoxy) is 2. The van der Waals surface area contributed by atoms with Crippen LogP contribution >= 0.6 is 22.9 Å². The Morgan fingerprint density at radius 1 is 1.45 bits per heavy atom. The van der Waals surface area contributed by atoms with Crippen LogP contribution in [-0.4, -0.2) is 19.7 Å². The summed E-state index contributed by atoms with van der Waals surface area (Å²) in [7, 11) is 1.30. The highest BCUT2D eigenvalue weighted by molar-refractivity contribution is 7.09. The lowest BCUT2D eigenvalue weighted by atomic mass is 10.2. The number of esters is 1. The van der Waals surface area contributed by atoms with Crippen molar-refractivity contribution in [3.8, 4) is 5.75 Å². The van der Waals surface area contributed by atoms with Crippen LogP contribution < -0.4 is 10.5 Å². The molecule has 2 N–H and O–H groups in total. The average molecular weight is 312 g/mol. The second-order valence-corrected chi connectivity index (χ2v) is 5.49. The molecule has 0 spiro atoms. The van der Waals surface area contributed by atoms with Crippen molar-refractivity contribution in [3.05, 3.63) is 45.1 Å².